The molecule has 0 unspecified atom stereocenters. The highest BCUT2D eigenvalue weighted by atomic mass is 32.2. The topological polar surface area (TPSA) is 98.1 Å². The number of nitrogens with one attached hydrogen (secondary N) is 2. The summed E-state index contributed by atoms with van der Waals surface area (Å²) >= 11 is 1.17. The highest BCUT2D eigenvalue weighted by molar-refractivity contribution is 7.99. The summed E-state index contributed by atoms with van der Waals surface area (Å²) in [4.78, 5) is 24.8. The van der Waals surface area contributed by atoms with Crippen LogP contribution in [0.5, 0.6) is 5.75 Å². The normalized spacial score (nSPS) is 11.5. The Balaban J connectivity index is 1.61. The van der Waals surface area contributed by atoms with Gasteiger partial charge < -0.3 is 19.9 Å². The zero-order valence-electron chi connectivity index (χ0n) is 19.0. The number of carbonyl (C=O) groups excluding carboxylic acids is 2. The Morgan fingerprint density at radius 3 is 2.59 bits per heavy atom. The molecule has 0 radical (unpaired) electrons. The van der Waals surface area contributed by atoms with E-state index in [4.69, 9.17) is 4.74 Å². The lowest BCUT2D eigenvalue weighted by Crippen LogP contribution is -2.30. The monoisotopic (exact) mass is 483 g/mol. The molecule has 34 heavy (non-hydrogen) atoms. The van der Waals surface area contributed by atoms with E-state index in [1.165, 1.54) is 23.9 Å². The molecule has 0 aliphatic heterocycles. The van der Waals surface area contributed by atoms with Gasteiger partial charge in [-0.1, -0.05) is 42.1 Å². The SMILES string of the molecule is C=CCn1c(SCC(=O)Nc2ccccc2F)nnc1[C@@H](C)NC(=O)Cc1ccc(OC)cc1. The molecule has 1 aromatic heterocycles. The van der Waals surface area contributed by atoms with Crippen molar-refractivity contribution < 1.29 is 18.7 Å². The molecule has 0 aliphatic carbocycles. The Bertz CT molecular complexity index is 1150. The van der Waals surface area contributed by atoms with Crippen molar-refractivity contribution in [3.63, 3.8) is 0 Å². The Labute approximate surface area is 201 Å². The van der Waals surface area contributed by atoms with E-state index in [0.29, 0.717) is 17.5 Å². The van der Waals surface area contributed by atoms with E-state index in [-0.39, 0.29) is 29.7 Å². The summed E-state index contributed by atoms with van der Waals surface area (Å²) in [7, 11) is 1.59. The van der Waals surface area contributed by atoms with Crippen LogP contribution in [-0.4, -0.2) is 39.4 Å². The summed E-state index contributed by atoms with van der Waals surface area (Å²) in [6, 6.07) is 12.8. The first kappa shape index (κ1) is 25.0. The summed E-state index contributed by atoms with van der Waals surface area (Å²) in [5, 5.41) is 14.4. The number of methoxy groups -OCH3 is 1. The number of carbonyl (C=O) groups is 2. The Morgan fingerprint density at radius 1 is 1.18 bits per heavy atom. The van der Waals surface area contributed by atoms with Crippen LogP contribution in [0.2, 0.25) is 0 Å². The molecule has 1 atom stereocenters. The fraction of sp³-hybridized carbons (Fsp3) is 0.250. The number of hydrogen-bond acceptors (Lipinski definition) is 6. The third kappa shape index (κ3) is 6.67. The molecule has 2 aromatic carbocycles. The van der Waals surface area contributed by atoms with Gasteiger partial charge >= 0.3 is 0 Å². The number of amides is 2. The first-order valence-corrected chi connectivity index (χ1v) is 11.5. The lowest BCUT2D eigenvalue weighted by Gasteiger charge is -2.15. The quantitative estimate of drug-likeness (QED) is 0.318. The summed E-state index contributed by atoms with van der Waals surface area (Å²) in [6.07, 6.45) is 1.89. The molecule has 3 rings (SSSR count). The van der Waals surface area contributed by atoms with Crippen LogP contribution in [0.1, 0.15) is 24.4 Å². The van der Waals surface area contributed by atoms with Crippen molar-refractivity contribution in [1.29, 1.82) is 0 Å². The van der Waals surface area contributed by atoms with Crippen LogP contribution in [0.25, 0.3) is 0 Å². The number of benzene rings is 2. The van der Waals surface area contributed by atoms with Gasteiger partial charge in [-0.05, 0) is 36.8 Å². The molecule has 178 valence electrons. The van der Waals surface area contributed by atoms with Crippen LogP contribution >= 0.6 is 11.8 Å². The van der Waals surface area contributed by atoms with Gasteiger partial charge in [0.25, 0.3) is 0 Å². The smallest absolute Gasteiger partial charge is 0.234 e. The van der Waals surface area contributed by atoms with Crippen molar-refractivity contribution in [2.75, 3.05) is 18.2 Å². The average molecular weight is 484 g/mol. The number of thioether (sulfide) groups is 1. The lowest BCUT2D eigenvalue weighted by molar-refractivity contribution is -0.121. The van der Waals surface area contributed by atoms with Crippen LogP contribution in [0.15, 0.2) is 66.3 Å². The lowest BCUT2D eigenvalue weighted by atomic mass is 10.1. The fourth-order valence-corrected chi connectivity index (χ4v) is 3.95. The van der Waals surface area contributed by atoms with Crippen molar-refractivity contribution >= 4 is 29.3 Å². The number of hydrogen-bond donors (Lipinski definition) is 2. The van der Waals surface area contributed by atoms with Crippen LogP contribution in [0.3, 0.4) is 0 Å². The highest BCUT2D eigenvalue weighted by Gasteiger charge is 2.20. The third-order valence-corrected chi connectivity index (χ3v) is 5.79. The van der Waals surface area contributed by atoms with Crippen molar-refractivity contribution in [2.45, 2.75) is 31.1 Å². The Morgan fingerprint density at radius 2 is 1.91 bits per heavy atom. The van der Waals surface area contributed by atoms with Gasteiger partial charge in [-0.2, -0.15) is 0 Å². The van der Waals surface area contributed by atoms with Gasteiger partial charge in [0.1, 0.15) is 11.6 Å². The second-order valence-corrected chi connectivity index (χ2v) is 8.31. The van der Waals surface area contributed by atoms with Gasteiger partial charge in [0, 0.05) is 6.54 Å². The van der Waals surface area contributed by atoms with Gasteiger partial charge in [-0.3, -0.25) is 9.59 Å². The number of allylic oxidation sites excluding steroid dienone is 1. The Hall–Kier alpha value is -3.66. The molecule has 8 nitrogen and oxygen atoms in total. The summed E-state index contributed by atoms with van der Waals surface area (Å²) in [5.74, 6) is 0.247. The molecule has 0 fully saturated rings. The van der Waals surface area contributed by atoms with Gasteiger partial charge in [-0.15, -0.1) is 16.8 Å². The Kier molecular flexibility index (Phi) is 8.80. The molecule has 2 amide bonds. The number of rotatable bonds is 11. The number of halogens is 1. The van der Waals surface area contributed by atoms with Crippen molar-refractivity contribution in [2.24, 2.45) is 0 Å². The van der Waals surface area contributed by atoms with Crippen molar-refractivity contribution in [3.05, 3.63) is 78.4 Å². The summed E-state index contributed by atoms with van der Waals surface area (Å²) in [5.41, 5.74) is 0.977. The molecule has 0 bridgehead atoms. The van der Waals surface area contributed by atoms with E-state index in [2.05, 4.69) is 27.4 Å². The number of para-hydroxylation sites is 1. The molecule has 1 heterocycles. The van der Waals surface area contributed by atoms with Crippen molar-refractivity contribution in [3.8, 4) is 5.75 Å². The van der Waals surface area contributed by atoms with Crippen molar-refractivity contribution in [1.82, 2.24) is 20.1 Å². The summed E-state index contributed by atoms with van der Waals surface area (Å²) < 4.78 is 20.7. The molecule has 0 spiro atoms. The van der Waals surface area contributed by atoms with E-state index < -0.39 is 11.9 Å². The fourth-order valence-electron chi connectivity index (χ4n) is 3.19. The third-order valence-electron chi connectivity index (χ3n) is 4.83. The van der Waals surface area contributed by atoms with Crippen LogP contribution in [0, 0.1) is 5.82 Å². The van der Waals surface area contributed by atoms with Crippen LogP contribution < -0.4 is 15.4 Å². The predicted molar refractivity (Wildman–Crippen MR) is 129 cm³/mol. The van der Waals surface area contributed by atoms with E-state index >= 15 is 0 Å². The molecule has 0 aliphatic rings. The largest absolute Gasteiger partial charge is 0.497 e. The predicted octanol–water partition coefficient (Wildman–Crippen LogP) is 3.76. The second kappa shape index (κ2) is 12.0. The molecular weight excluding hydrogens is 457 g/mol. The standard InChI is InChI=1S/C24H26FN5O3S/c1-4-13-30-23(16(2)26-21(31)14-17-9-11-18(33-3)12-10-17)28-29-24(30)34-15-22(32)27-20-8-6-5-7-19(20)25/h4-12,16H,1,13-15H2,2-3H3,(H,26,31)(H,27,32)/t16-/m1/s1. The molecule has 3 aromatic rings. The number of aromatic nitrogens is 3. The first-order chi connectivity index (χ1) is 16.4. The molecular formula is C24H26FN5O3S. The minimum Gasteiger partial charge on any atom is -0.497 e. The highest BCUT2D eigenvalue weighted by Crippen LogP contribution is 2.22. The van der Waals surface area contributed by atoms with E-state index in [1.807, 2.05) is 19.1 Å². The van der Waals surface area contributed by atoms with E-state index in [9.17, 15) is 14.0 Å². The van der Waals surface area contributed by atoms with Gasteiger partial charge in [0.2, 0.25) is 11.8 Å². The van der Waals surface area contributed by atoms with Gasteiger partial charge in [-0.25, -0.2) is 4.39 Å². The first-order valence-electron chi connectivity index (χ1n) is 10.5. The molecule has 10 heteroatoms. The molecule has 2 N–H and O–H groups in total. The zero-order chi connectivity index (χ0) is 24.5. The van der Waals surface area contributed by atoms with Crippen LogP contribution in [0.4, 0.5) is 10.1 Å². The summed E-state index contributed by atoms with van der Waals surface area (Å²) in [6.45, 7) is 5.98. The van der Waals surface area contributed by atoms with E-state index in [1.54, 1.807) is 42.0 Å². The van der Waals surface area contributed by atoms with Gasteiger partial charge in [0.05, 0.1) is 31.0 Å². The second-order valence-electron chi connectivity index (χ2n) is 7.37. The van der Waals surface area contributed by atoms with Crippen LogP contribution in [-0.2, 0) is 22.6 Å². The zero-order valence-corrected chi connectivity index (χ0v) is 19.8. The maximum absolute atomic E-state index is 13.7. The minimum absolute atomic E-state index is 0.0157. The number of nitrogens with zero attached hydrogens (tertiary/aromatic N) is 3. The number of ether oxygens (including phenoxy) is 1. The van der Waals surface area contributed by atoms with E-state index in [0.717, 1.165) is 11.3 Å². The maximum Gasteiger partial charge on any atom is 0.234 e. The number of anilines is 1. The molecule has 0 saturated heterocycles. The average Bonchev–Trinajstić information content (AvgIpc) is 3.22. The minimum atomic E-state index is -0.503. The molecule has 0 saturated carbocycles. The van der Waals surface area contributed by atoms with Gasteiger partial charge in [0.15, 0.2) is 11.0 Å². The maximum atomic E-state index is 13.7.